The highest BCUT2D eigenvalue weighted by Crippen LogP contribution is 2.27. The summed E-state index contributed by atoms with van der Waals surface area (Å²) in [5.41, 5.74) is 1.20. The standard InChI is InChI=1S/C11H15BrClN/c1-3-7-14(4-2)9-5-6-10(12)11(13)8-9/h5-6,8H,3-4,7H2,1-2H3. The van der Waals surface area contributed by atoms with Crippen molar-refractivity contribution in [2.24, 2.45) is 0 Å². The molecule has 0 aliphatic rings. The molecule has 0 amide bonds. The molecule has 0 heterocycles. The van der Waals surface area contributed by atoms with Crippen molar-refractivity contribution in [3.63, 3.8) is 0 Å². The molecule has 0 aromatic heterocycles. The molecular formula is C11H15BrClN. The van der Waals surface area contributed by atoms with Crippen molar-refractivity contribution in [2.75, 3.05) is 18.0 Å². The molecule has 1 rings (SSSR count). The Morgan fingerprint density at radius 2 is 2.07 bits per heavy atom. The molecule has 3 heteroatoms. The highest BCUT2D eigenvalue weighted by molar-refractivity contribution is 9.10. The first kappa shape index (κ1) is 11.9. The summed E-state index contributed by atoms with van der Waals surface area (Å²) in [5, 5.41) is 0.775. The summed E-state index contributed by atoms with van der Waals surface area (Å²) < 4.78 is 0.954. The molecule has 1 nitrogen and oxygen atoms in total. The quantitative estimate of drug-likeness (QED) is 0.791. The normalized spacial score (nSPS) is 10.3. The van der Waals surface area contributed by atoms with E-state index in [1.165, 1.54) is 5.69 Å². The molecule has 0 bridgehead atoms. The Kier molecular flexibility index (Phi) is 4.76. The summed E-state index contributed by atoms with van der Waals surface area (Å²) >= 11 is 9.43. The van der Waals surface area contributed by atoms with Crippen LogP contribution in [-0.2, 0) is 0 Å². The second-order valence-electron chi connectivity index (χ2n) is 3.18. The van der Waals surface area contributed by atoms with E-state index in [-0.39, 0.29) is 0 Å². The molecule has 0 radical (unpaired) electrons. The maximum absolute atomic E-state index is 6.04. The topological polar surface area (TPSA) is 3.24 Å². The van der Waals surface area contributed by atoms with Crippen molar-refractivity contribution in [2.45, 2.75) is 20.3 Å². The molecule has 0 aliphatic carbocycles. The largest absolute Gasteiger partial charge is 0.372 e. The second-order valence-corrected chi connectivity index (χ2v) is 4.44. The van der Waals surface area contributed by atoms with Gasteiger partial charge in [0.05, 0.1) is 5.02 Å². The van der Waals surface area contributed by atoms with Crippen LogP contribution in [0.4, 0.5) is 5.69 Å². The monoisotopic (exact) mass is 275 g/mol. The average Bonchev–Trinajstić information content (AvgIpc) is 2.19. The van der Waals surface area contributed by atoms with Crippen LogP contribution in [0.1, 0.15) is 20.3 Å². The van der Waals surface area contributed by atoms with E-state index in [0.717, 1.165) is 29.0 Å². The van der Waals surface area contributed by atoms with E-state index < -0.39 is 0 Å². The van der Waals surface area contributed by atoms with Crippen molar-refractivity contribution in [1.82, 2.24) is 0 Å². The Bertz CT molecular complexity index is 301. The van der Waals surface area contributed by atoms with Crippen LogP contribution >= 0.6 is 27.5 Å². The molecule has 1 aromatic rings. The molecule has 78 valence electrons. The van der Waals surface area contributed by atoms with E-state index in [1.807, 2.05) is 12.1 Å². The lowest BCUT2D eigenvalue weighted by molar-refractivity contribution is 0.792. The number of hydrogen-bond acceptors (Lipinski definition) is 1. The van der Waals surface area contributed by atoms with Crippen LogP contribution in [-0.4, -0.2) is 13.1 Å². The first-order chi connectivity index (χ1) is 6.69. The van der Waals surface area contributed by atoms with Gasteiger partial charge in [-0.1, -0.05) is 18.5 Å². The van der Waals surface area contributed by atoms with Crippen LogP contribution in [0.3, 0.4) is 0 Å². The summed E-state index contributed by atoms with van der Waals surface area (Å²) in [7, 11) is 0. The molecule has 0 atom stereocenters. The Morgan fingerprint density at radius 1 is 1.36 bits per heavy atom. The van der Waals surface area contributed by atoms with E-state index in [1.54, 1.807) is 0 Å². The third-order valence-corrected chi connectivity index (χ3v) is 3.38. The zero-order chi connectivity index (χ0) is 10.6. The van der Waals surface area contributed by atoms with Gasteiger partial charge in [-0.15, -0.1) is 0 Å². The van der Waals surface area contributed by atoms with Crippen LogP contribution in [0.25, 0.3) is 0 Å². The third kappa shape index (κ3) is 2.89. The van der Waals surface area contributed by atoms with Gasteiger partial charge in [0, 0.05) is 23.2 Å². The van der Waals surface area contributed by atoms with Gasteiger partial charge in [0.15, 0.2) is 0 Å². The van der Waals surface area contributed by atoms with Gasteiger partial charge in [-0.25, -0.2) is 0 Å². The third-order valence-electron chi connectivity index (χ3n) is 2.14. The maximum atomic E-state index is 6.04. The van der Waals surface area contributed by atoms with E-state index in [4.69, 9.17) is 11.6 Å². The van der Waals surface area contributed by atoms with Crippen LogP contribution in [0.2, 0.25) is 5.02 Å². The van der Waals surface area contributed by atoms with Crippen molar-refractivity contribution in [3.05, 3.63) is 27.7 Å². The van der Waals surface area contributed by atoms with Crippen LogP contribution in [0.15, 0.2) is 22.7 Å². The molecule has 0 spiro atoms. The molecule has 0 aliphatic heterocycles. The minimum absolute atomic E-state index is 0.775. The van der Waals surface area contributed by atoms with E-state index in [9.17, 15) is 0 Å². The van der Waals surface area contributed by atoms with E-state index >= 15 is 0 Å². The van der Waals surface area contributed by atoms with Crippen LogP contribution in [0.5, 0.6) is 0 Å². The fourth-order valence-corrected chi connectivity index (χ4v) is 1.84. The number of benzene rings is 1. The first-order valence-corrected chi connectivity index (χ1v) is 6.06. The molecular weight excluding hydrogens is 261 g/mol. The molecule has 0 saturated heterocycles. The van der Waals surface area contributed by atoms with Gasteiger partial charge in [-0.2, -0.15) is 0 Å². The lowest BCUT2D eigenvalue weighted by Crippen LogP contribution is -2.23. The molecule has 0 N–H and O–H groups in total. The van der Waals surface area contributed by atoms with E-state index in [0.29, 0.717) is 0 Å². The zero-order valence-corrected chi connectivity index (χ0v) is 10.9. The highest BCUT2D eigenvalue weighted by atomic mass is 79.9. The predicted octanol–water partition coefficient (Wildman–Crippen LogP) is 4.34. The Labute approximate surface area is 99.2 Å². The fraction of sp³-hybridized carbons (Fsp3) is 0.455. The number of rotatable bonds is 4. The zero-order valence-electron chi connectivity index (χ0n) is 8.56. The number of anilines is 1. The van der Waals surface area contributed by atoms with Crippen LogP contribution in [0, 0.1) is 0 Å². The molecule has 0 saturated carbocycles. The Hall–Kier alpha value is -0.210. The molecule has 1 aromatic carbocycles. The SMILES string of the molecule is CCCN(CC)c1ccc(Br)c(Cl)c1. The van der Waals surface area contributed by atoms with Crippen LogP contribution < -0.4 is 4.90 Å². The number of hydrogen-bond donors (Lipinski definition) is 0. The lowest BCUT2D eigenvalue weighted by Gasteiger charge is -2.22. The van der Waals surface area contributed by atoms with Crippen molar-refractivity contribution < 1.29 is 0 Å². The van der Waals surface area contributed by atoms with Gasteiger partial charge in [-0.3, -0.25) is 0 Å². The first-order valence-electron chi connectivity index (χ1n) is 4.89. The maximum Gasteiger partial charge on any atom is 0.0568 e. The molecule has 14 heavy (non-hydrogen) atoms. The van der Waals surface area contributed by atoms with Gasteiger partial charge in [-0.05, 0) is 47.5 Å². The van der Waals surface area contributed by atoms with E-state index in [2.05, 4.69) is 40.7 Å². The fourth-order valence-electron chi connectivity index (χ4n) is 1.42. The predicted molar refractivity (Wildman–Crippen MR) is 67.3 cm³/mol. The second kappa shape index (κ2) is 5.62. The van der Waals surface area contributed by atoms with Crippen molar-refractivity contribution in [3.8, 4) is 0 Å². The van der Waals surface area contributed by atoms with Gasteiger partial charge in [0.1, 0.15) is 0 Å². The van der Waals surface area contributed by atoms with Gasteiger partial charge >= 0.3 is 0 Å². The van der Waals surface area contributed by atoms with Crippen molar-refractivity contribution >= 4 is 33.2 Å². The summed E-state index contributed by atoms with van der Waals surface area (Å²) in [5.74, 6) is 0. The summed E-state index contributed by atoms with van der Waals surface area (Å²) in [6, 6.07) is 6.09. The van der Waals surface area contributed by atoms with Gasteiger partial charge in [0.25, 0.3) is 0 Å². The minimum Gasteiger partial charge on any atom is -0.372 e. The Morgan fingerprint density at radius 3 is 2.57 bits per heavy atom. The van der Waals surface area contributed by atoms with Gasteiger partial charge in [0.2, 0.25) is 0 Å². The van der Waals surface area contributed by atoms with Crippen molar-refractivity contribution in [1.29, 1.82) is 0 Å². The summed E-state index contributed by atoms with van der Waals surface area (Å²) in [6.45, 7) is 6.44. The Balaban J connectivity index is 2.88. The summed E-state index contributed by atoms with van der Waals surface area (Å²) in [4.78, 5) is 2.32. The molecule has 0 unspecified atom stereocenters. The average molecular weight is 277 g/mol. The summed E-state index contributed by atoms with van der Waals surface area (Å²) in [6.07, 6.45) is 1.15. The number of halogens is 2. The smallest absolute Gasteiger partial charge is 0.0568 e. The molecule has 0 fully saturated rings. The number of nitrogens with zero attached hydrogens (tertiary/aromatic N) is 1. The lowest BCUT2D eigenvalue weighted by atomic mass is 10.2. The minimum atomic E-state index is 0.775. The van der Waals surface area contributed by atoms with Gasteiger partial charge < -0.3 is 4.90 Å². The highest BCUT2D eigenvalue weighted by Gasteiger charge is 2.04.